The minimum absolute atomic E-state index is 0.828. The molecule has 2 aliphatic rings. The van der Waals surface area contributed by atoms with E-state index >= 15 is 0 Å². The molecular formula is C54H36N4O2. The average molecular weight is 773 g/mol. The maximum atomic E-state index is 6.43. The summed E-state index contributed by atoms with van der Waals surface area (Å²) in [6.07, 6.45) is 17.0. The first-order valence-corrected chi connectivity index (χ1v) is 20.6. The van der Waals surface area contributed by atoms with Gasteiger partial charge in [0.1, 0.15) is 22.3 Å². The number of nitrogens with one attached hydrogen (secondary N) is 1. The summed E-state index contributed by atoms with van der Waals surface area (Å²) in [7, 11) is 0. The minimum atomic E-state index is 0.828. The molecule has 1 N–H and O–H groups in total. The smallest absolute Gasteiger partial charge is 0.135 e. The molecule has 6 heterocycles. The van der Waals surface area contributed by atoms with E-state index in [0.29, 0.717) is 0 Å². The first-order valence-electron chi connectivity index (χ1n) is 20.6. The van der Waals surface area contributed by atoms with Crippen LogP contribution in [-0.4, -0.2) is 20.7 Å². The third kappa shape index (κ3) is 4.97. The second-order valence-electron chi connectivity index (χ2n) is 15.9. The number of rotatable bonds is 4. The molecule has 0 saturated carbocycles. The number of anilines is 1. The van der Waals surface area contributed by atoms with Crippen LogP contribution in [0.1, 0.15) is 23.4 Å². The molecule has 6 aromatic carbocycles. The molecular weight excluding hydrogens is 737 g/mol. The van der Waals surface area contributed by atoms with Crippen LogP contribution >= 0.6 is 0 Å². The van der Waals surface area contributed by atoms with Crippen LogP contribution in [0.15, 0.2) is 173 Å². The Labute approximate surface area is 344 Å². The molecule has 5 aromatic heterocycles. The molecule has 1 aliphatic carbocycles. The van der Waals surface area contributed by atoms with Crippen molar-refractivity contribution in [1.82, 2.24) is 14.1 Å². The van der Waals surface area contributed by atoms with Gasteiger partial charge in [0.2, 0.25) is 0 Å². The highest BCUT2D eigenvalue weighted by Gasteiger charge is 2.21. The molecule has 0 spiro atoms. The summed E-state index contributed by atoms with van der Waals surface area (Å²) < 4.78 is 17.5. The molecule has 0 radical (unpaired) electrons. The summed E-state index contributed by atoms with van der Waals surface area (Å²) in [5.74, 6) is 0. The standard InChI is InChI=1S/C54H36N4O2/c1-2-4-14-45-39(12-3-1)53-47(16-8-26-55-53)57(45)37-20-24-51-43(31-37)41-29-35(18-22-49(41)59-51)33-10-7-11-34(28-33)36-19-23-50-42(30-36)44-32-38(21-25-52(44)60-50)58-46-15-6-5-13-40(46)54-48(58)17-9-27-56-54/h1-2,4-11,13-26,28-32,56H,3,12,27H2/b2-1-,14-4-. The molecule has 284 valence electrons. The van der Waals surface area contributed by atoms with Crippen molar-refractivity contribution in [3.8, 4) is 33.6 Å². The lowest BCUT2D eigenvalue weighted by Gasteiger charge is -2.13. The van der Waals surface area contributed by atoms with Crippen LogP contribution in [-0.2, 0) is 6.42 Å². The predicted octanol–water partition coefficient (Wildman–Crippen LogP) is 14.1. The number of nitrogens with zero attached hydrogens (tertiary/aromatic N) is 3. The topological polar surface area (TPSA) is 61.1 Å². The molecule has 6 heteroatoms. The largest absolute Gasteiger partial charge is 0.456 e. The van der Waals surface area contributed by atoms with Crippen LogP contribution in [0.3, 0.4) is 0 Å². The molecule has 0 bridgehead atoms. The number of benzene rings is 6. The Bertz CT molecular complexity index is 3680. The number of hydrogen-bond acceptors (Lipinski definition) is 4. The molecule has 0 saturated heterocycles. The van der Waals surface area contributed by atoms with Crippen molar-refractivity contribution in [2.24, 2.45) is 0 Å². The first kappa shape index (κ1) is 33.2. The van der Waals surface area contributed by atoms with Crippen molar-refractivity contribution in [2.45, 2.75) is 12.8 Å². The van der Waals surface area contributed by atoms with Crippen LogP contribution in [0.5, 0.6) is 0 Å². The zero-order chi connectivity index (χ0) is 39.3. The third-order valence-electron chi connectivity index (χ3n) is 12.5. The lowest BCUT2D eigenvalue weighted by atomic mass is 9.97. The molecule has 11 aromatic rings. The van der Waals surface area contributed by atoms with Gasteiger partial charge in [0.05, 0.1) is 33.6 Å². The van der Waals surface area contributed by atoms with Crippen molar-refractivity contribution in [2.75, 3.05) is 11.9 Å². The van der Waals surface area contributed by atoms with E-state index in [1.165, 1.54) is 33.5 Å². The Morgan fingerprint density at radius 3 is 1.87 bits per heavy atom. The van der Waals surface area contributed by atoms with E-state index in [-0.39, 0.29) is 0 Å². The molecule has 60 heavy (non-hydrogen) atoms. The van der Waals surface area contributed by atoms with Gasteiger partial charge >= 0.3 is 0 Å². The van der Waals surface area contributed by atoms with Gasteiger partial charge in [0.15, 0.2) is 0 Å². The number of furan rings is 2. The van der Waals surface area contributed by atoms with Crippen molar-refractivity contribution in [3.63, 3.8) is 0 Å². The Hall–Kier alpha value is -7.83. The van der Waals surface area contributed by atoms with Gasteiger partial charge in [0, 0.05) is 56.6 Å². The van der Waals surface area contributed by atoms with E-state index < -0.39 is 0 Å². The first-order chi connectivity index (χ1) is 29.7. The Morgan fingerprint density at radius 2 is 1.13 bits per heavy atom. The van der Waals surface area contributed by atoms with Gasteiger partial charge in [-0.05, 0) is 132 Å². The highest BCUT2D eigenvalue weighted by atomic mass is 16.3. The SMILES string of the molecule is C1=Cc2c(c3ccccc3n2-c2ccc3oc4ccc(-c5cccc(-c6ccc7oc8ccc(-n9c%10c(c%11ncccc%119)CC/C=C\C=C/%10)cc8c7c6)c5)cc4c3c2)NC1. The van der Waals surface area contributed by atoms with Crippen LogP contribution in [0.25, 0.3) is 112 Å². The Balaban J connectivity index is 0.898. The number of fused-ring (bicyclic) bond motifs is 12. The summed E-state index contributed by atoms with van der Waals surface area (Å²) in [6.45, 7) is 0.828. The molecule has 0 amide bonds. The lowest BCUT2D eigenvalue weighted by Crippen LogP contribution is -2.05. The number of hydrogen-bond donors (Lipinski definition) is 1. The zero-order valence-corrected chi connectivity index (χ0v) is 32.5. The van der Waals surface area contributed by atoms with Crippen molar-refractivity contribution < 1.29 is 8.83 Å². The molecule has 0 unspecified atom stereocenters. The van der Waals surface area contributed by atoms with Gasteiger partial charge in [-0.1, -0.05) is 72.8 Å². The lowest BCUT2D eigenvalue weighted by molar-refractivity contribution is 0.668. The van der Waals surface area contributed by atoms with Crippen LogP contribution < -0.4 is 5.32 Å². The second kappa shape index (κ2) is 12.8. The van der Waals surface area contributed by atoms with Crippen molar-refractivity contribution in [3.05, 3.63) is 181 Å². The number of aryl methyl sites for hydroxylation is 1. The molecule has 1 aliphatic heterocycles. The van der Waals surface area contributed by atoms with Crippen molar-refractivity contribution >= 4 is 83.7 Å². The van der Waals surface area contributed by atoms with Gasteiger partial charge in [0.25, 0.3) is 0 Å². The maximum absolute atomic E-state index is 6.43. The molecule has 0 fully saturated rings. The average Bonchev–Trinajstić information content (AvgIpc) is 4.03. The Morgan fingerprint density at radius 1 is 0.500 bits per heavy atom. The summed E-state index contributed by atoms with van der Waals surface area (Å²) in [6, 6.07) is 47.8. The predicted molar refractivity (Wildman–Crippen MR) is 247 cm³/mol. The van der Waals surface area contributed by atoms with Crippen LogP contribution in [0.4, 0.5) is 5.69 Å². The number of para-hydroxylation sites is 1. The van der Waals surface area contributed by atoms with Crippen LogP contribution in [0.2, 0.25) is 0 Å². The van der Waals surface area contributed by atoms with E-state index in [9.17, 15) is 0 Å². The van der Waals surface area contributed by atoms with E-state index in [2.05, 4.69) is 178 Å². The summed E-state index contributed by atoms with van der Waals surface area (Å²) in [4.78, 5) is 4.84. The molecule has 6 nitrogen and oxygen atoms in total. The summed E-state index contributed by atoms with van der Waals surface area (Å²) in [5.41, 5.74) is 18.5. The minimum Gasteiger partial charge on any atom is -0.456 e. The zero-order valence-electron chi connectivity index (χ0n) is 32.5. The monoisotopic (exact) mass is 772 g/mol. The van der Waals surface area contributed by atoms with E-state index in [0.717, 1.165) is 108 Å². The number of aromatic nitrogens is 3. The van der Waals surface area contributed by atoms with Gasteiger partial charge < -0.3 is 23.3 Å². The fourth-order valence-electron chi connectivity index (χ4n) is 9.70. The molecule has 13 rings (SSSR count). The van der Waals surface area contributed by atoms with E-state index in [1.807, 2.05) is 12.3 Å². The highest BCUT2D eigenvalue weighted by molar-refractivity contribution is 6.09. The van der Waals surface area contributed by atoms with Crippen LogP contribution in [0, 0.1) is 0 Å². The maximum Gasteiger partial charge on any atom is 0.135 e. The van der Waals surface area contributed by atoms with E-state index in [4.69, 9.17) is 13.8 Å². The fourth-order valence-corrected chi connectivity index (χ4v) is 9.70. The number of pyridine rings is 1. The van der Waals surface area contributed by atoms with Crippen molar-refractivity contribution in [1.29, 1.82) is 0 Å². The van der Waals surface area contributed by atoms with E-state index in [1.54, 1.807) is 0 Å². The highest BCUT2D eigenvalue weighted by Crippen LogP contribution is 2.41. The Kier molecular flexibility index (Phi) is 7.10. The quantitative estimate of drug-likeness (QED) is 0.194. The van der Waals surface area contributed by atoms with Gasteiger partial charge in [-0.2, -0.15) is 0 Å². The third-order valence-corrected chi connectivity index (χ3v) is 12.5. The summed E-state index contributed by atoms with van der Waals surface area (Å²) >= 11 is 0. The summed E-state index contributed by atoms with van der Waals surface area (Å²) in [5, 5.41) is 9.21. The van der Waals surface area contributed by atoms with Gasteiger partial charge in [-0.15, -0.1) is 0 Å². The second-order valence-corrected chi connectivity index (χ2v) is 15.9. The molecule has 0 atom stereocenters. The number of allylic oxidation sites excluding steroid dienone is 3. The fraction of sp³-hybridized carbons (Fsp3) is 0.0556. The van der Waals surface area contributed by atoms with Gasteiger partial charge in [-0.3, -0.25) is 4.98 Å². The normalized spacial score (nSPS) is 14.8. The van der Waals surface area contributed by atoms with Gasteiger partial charge in [-0.25, -0.2) is 0 Å².